The maximum Gasteiger partial charge on any atom is 0.419 e. The number of anilines is 1. The molecule has 0 fully saturated rings. The van der Waals surface area contributed by atoms with Gasteiger partial charge in [0.25, 0.3) is 0 Å². The Bertz CT molecular complexity index is 1490. The van der Waals surface area contributed by atoms with Gasteiger partial charge in [-0.1, -0.05) is 54.1 Å². The third kappa shape index (κ3) is 6.53. The number of pyridine rings is 1. The molecule has 4 aromatic rings. The van der Waals surface area contributed by atoms with Crippen LogP contribution in [0.1, 0.15) is 27.9 Å². The number of urea groups is 1. The van der Waals surface area contributed by atoms with Gasteiger partial charge < -0.3 is 10.6 Å². The Kier molecular flexibility index (Phi) is 8.06. The molecule has 0 aliphatic carbocycles. The zero-order chi connectivity index (χ0) is 29.1. The number of nitrogens with one attached hydrogen (secondary N) is 2. The molecule has 0 bridgehead atoms. The van der Waals surface area contributed by atoms with Crippen molar-refractivity contribution >= 4 is 23.3 Å². The molecular formula is C28H19ClF7N3O. The Balaban J connectivity index is 1.85. The van der Waals surface area contributed by atoms with Crippen molar-refractivity contribution in [1.82, 2.24) is 10.3 Å². The summed E-state index contributed by atoms with van der Waals surface area (Å²) < 4.78 is 94.5. The van der Waals surface area contributed by atoms with E-state index in [2.05, 4.69) is 15.6 Å². The van der Waals surface area contributed by atoms with Crippen LogP contribution in [0.2, 0.25) is 5.02 Å². The lowest BCUT2D eigenvalue weighted by Crippen LogP contribution is -2.50. The van der Waals surface area contributed by atoms with E-state index in [1.54, 1.807) is 30.3 Å². The quantitative estimate of drug-likeness (QED) is 0.225. The second-order valence-electron chi connectivity index (χ2n) is 8.78. The molecule has 0 aliphatic rings. The molecule has 1 aromatic heterocycles. The molecule has 40 heavy (non-hydrogen) atoms. The van der Waals surface area contributed by atoms with Crippen LogP contribution in [-0.4, -0.2) is 11.0 Å². The van der Waals surface area contributed by atoms with Crippen molar-refractivity contribution < 1.29 is 35.5 Å². The number of benzene rings is 3. The number of carbonyl (C=O) groups excluding carboxylic acids is 1. The van der Waals surface area contributed by atoms with Crippen molar-refractivity contribution in [1.29, 1.82) is 0 Å². The highest BCUT2D eigenvalue weighted by Crippen LogP contribution is 2.38. The van der Waals surface area contributed by atoms with Gasteiger partial charge in [0.1, 0.15) is 11.4 Å². The molecule has 1 atom stereocenters. The molecule has 2 amide bonds. The summed E-state index contributed by atoms with van der Waals surface area (Å²) in [6.07, 6.45) is -8.60. The van der Waals surface area contributed by atoms with Crippen LogP contribution in [-0.2, 0) is 24.3 Å². The van der Waals surface area contributed by atoms with Gasteiger partial charge in [0, 0.05) is 18.3 Å². The topological polar surface area (TPSA) is 54.0 Å². The highest BCUT2D eigenvalue weighted by Gasteiger charge is 2.40. The minimum atomic E-state index is -5.03. The summed E-state index contributed by atoms with van der Waals surface area (Å²) >= 11 is 6.00. The normalized spacial score (nSPS) is 13.4. The molecule has 2 N–H and O–H groups in total. The van der Waals surface area contributed by atoms with Gasteiger partial charge in [-0.05, 0) is 53.6 Å². The number of nitrogens with zero attached hydrogens (tertiary/aromatic N) is 1. The van der Waals surface area contributed by atoms with Crippen molar-refractivity contribution in [3.8, 4) is 0 Å². The predicted molar refractivity (Wildman–Crippen MR) is 135 cm³/mol. The van der Waals surface area contributed by atoms with Crippen molar-refractivity contribution in [3.05, 3.63) is 130 Å². The van der Waals surface area contributed by atoms with Crippen LogP contribution in [0.15, 0.2) is 91.1 Å². The molecule has 0 saturated heterocycles. The molecule has 0 aliphatic heterocycles. The fourth-order valence-electron chi connectivity index (χ4n) is 4.19. The summed E-state index contributed by atoms with van der Waals surface area (Å²) in [5, 5.41) is 5.08. The number of carbonyl (C=O) groups is 1. The SMILES string of the molecule is O=C(Nc1ccc(F)c(C(F)(F)F)c1)NC(Cc1ccccc1)(c1cccc(C(F)(F)F)c1)c1ccc(Cl)cn1. The number of hydrogen-bond donors (Lipinski definition) is 2. The number of halogens is 8. The zero-order valence-corrected chi connectivity index (χ0v) is 21.0. The molecule has 4 rings (SSSR count). The van der Waals surface area contributed by atoms with Crippen LogP contribution in [0.25, 0.3) is 0 Å². The van der Waals surface area contributed by atoms with Crippen LogP contribution in [0, 0.1) is 5.82 Å². The third-order valence-electron chi connectivity index (χ3n) is 6.02. The average molecular weight is 582 g/mol. The molecule has 0 spiro atoms. The van der Waals surface area contributed by atoms with E-state index in [4.69, 9.17) is 11.6 Å². The van der Waals surface area contributed by atoms with E-state index in [1.807, 2.05) is 0 Å². The van der Waals surface area contributed by atoms with Crippen LogP contribution in [0.4, 0.5) is 41.2 Å². The van der Waals surface area contributed by atoms with Crippen molar-refractivity contribution in [3.63, 3.8) is 0 Å². The van der Waals surface area contributed by atoms with Gasteiger partial charge in [0.15, 0.2) is 0 Å². The largest absolute Gasteiger partial charge is 0.419 e. The third-order valence-corrected chi connectivity index (χ3v) is 6.24. The molecule has 1 heterocycles. The van der Waals surface area contributed by atoms with E-state index in [0.717, 1.165) is 18.2 Å². The number of hydrogen-bond acceptors (Lipinski definition) is 2. The number of alkyl halides is 6. The van der Waals surface area contributed by atoms with Gasteiger partial charge in [-0.15, -0.1) is 0 Å². The first-order valence-corrected chi connectivity index (χ1v) is 12.0. The summed E-state index contributed by atoms with van der Waals surface area (Å²) in [4.78, 5) is 17.6. The van der Waals surface area contributed by atoms with Gasteiger partial charge in [0.2, 0.25) is 0 Å². The molecule has 3 aromatic carbocycles. The molecule has 0 saturated carbocycles. The van der Waals surface area contributed by atoms with E-state index in [9.17, 15) is 35.5 Å². The van der Waals surface area contributed by atoms with Crippen molar-refractivity contribution in [2.75, 3.05) is 5.32 Å². The minimum Gasteiger partial charge on any atom is -0.322 e. The predicted octanol–water partition coefficient (Wildman–Crippen LogP) is 8.22. The summed E-state index contributed by atoms with van der Waals surface area (Å²) in [6, 6.07) is 16.4. The first kappa shape index (κ1) is 28.9. The molecule has 12 heteroatoms. The number of amides is 2. The van der Waals surface area contributed by atoms with Crippen LogP contribution >= 0.6 is 11.6 Å². The Morgan fingerprint density at radius 1 is 0.800 bits per heavy atom. The Morgan fingerprint density at radius 2 is 1.50 bits per heavy atom. The summed E-state index contributed by atoms with van der Waals surface area (Å²) in [5.41, 5.74) is -4.06. The van der Waals surface area contributed by atoms with E-state index in [1.165, 1.54) is 30.5 Å². The van der Waals surface area contributed by atoms with E-state index < -0.39 is 46.6 Å². The van der Waals surface area contributed by atoms with E-state index in [0.29, 0.717) is 17.7 Å². The maximum atomic E-state index is 13.8. The minimum absolute atomic E-state index is 0.00811. The Hall–Kier alpha value is -4.12. The zero-order valence-electron chi connectivity index (χ0n) is 20.2. The fourth-order valence-corrected chi connectivity index (χ4v) is 4.30. The molecule has 1 unspecified atom stereocenters. The van der Waals surface area contributed by atoms with Gasteiger partial charge >= 0.3 is 18.4 Å². The second-order valence-corrected chi connectivity index (χ2v) is 9.22. The highest BCUT2D eigenvalue weighted by molar-refractivity contribution is 6.30. The summed E-state index contributed by atoms with van der Waals surface area (Å²) in [5.74, 6) is -1.54. The first-order chi connectivity index (χ1) is 18.8. The van der Waals surface area contributed by atoms with Gasteiger partial charge in [-0.3, -0.25) is 4.98 Å². The Morgan fingerprint density at radius 3 is 2.12 bits per heavy atom. The van der Waals surface area contributed by atoms with Crippen LogP contribution in [0.3, 0.4) is 0 Å². The summed E-state index contributed by atoms with van der Waals surface area (Å²) in [6.45, 7) is 0. The Labute approximate surface area is 228 Å². The standard InChI is InChI=1S/C28H19ClF7N3O/c29-20-9-12-24(37-16-20)26(15-17-5-2-1-3-6-17,18-7-4-8-19(13-18)27(31,32)33)39-25(40)38-21-10-11-23(30)22(14-21)28(34,35)36/h1-14,16H,15H2,(H2,38,39,40). The van der Waals surface area contributed by atoms with Crippen molar-refractivity contribution in [2.45, 2.75) is 24.3 Å². The van der Waals surface area contributed by atoms with Crippen LogP contribution in [0.5, 0.6) is 0 Å². The van der Waals surface area contributed by atoms with E-state index >= 15 is 0 Å². The average Bonchev–Trinajstić information content (AvgIpc) is 2.89. The second kappa shape index (κ2) is 11.2. The lowest BCUT2D eigenvalue weighted by atomic mass is 9.80. The number of rotatable bonds is 6. The van der Waals surface area contributed by atoms with E-state index in [-0.39, 0.29) is 22.7 Å². The molecule has 4 nitrogen and oxygen atoms in total. The maximum absolute atomic E-state index is 13.8. The van der Waals surface area contributed by atoms with Gasteiger partial charge in [-0.2, -0.15) is 26.3 Å². The highest BCUT2D eigenvalue weighted by atomic mass is 35.5. The van der Waals surface area contributed by atoms with Crippen LogP contribution < -0.4 is 10.6 Å². The molecular weight excluding hydrogens is 563 g/mol. The van der Waals surface area contributed by atoms with Gasteiger partial charge in [-0.25, -0.2) is 9.18 Å². The fraction of sp³-hybridized carbons (Fsp3) is 0.143. The lowest BCUT2D eigenvalue weighted by Gasteiger charge is -2.36. The summed E-state index contributed by atoms with van der Waals surface area (Å²) in [7, 11) is 0. The number of aromatic nitrogens is 1. The smallest absolute Gasteiger partial charge is 0.322 e. The van der Waals surface area contributed by atoms with Crippen molar-refractivity contribution in [2.24, 2.45) is 0 Å². The van der Waals surface area contributed by atoms with Gasteiger partial charge in [0.05, 0.1) is 21.8 Å². The first-order valence-electron chi connectivity index (χ1n) is 11.6. The monoisotopic (exact) mass is 581 g/mol. The lowest BCUT2D eigenvalue weighted by molar-refractivity contribution is -0.140. The molecule has 0 radical (unpaired) electrons. The molecule has 208 valence electrons.